The van der Waals surface area contributed by atoms with Gasteiger partial charge in [0.25, 0.3) is 15.5 Å². The molecule has 0 saturated carbocycles. The Bertz CT molecular complexity index is 568. The van der Waals surface area contributed by atoms with E-state index in [9.17, 15) is 21.6 Å². The van der Waals surface area contributed by atoms with E-state index in [1.54, 1.807) is 0 Å². The van der Waals surface area contributed by atoms with Crippen LogP contribution in [-0.4, -0.2) is 13.4 Å². The molecule has 0 saturated heterocycles. The molecule has 86 valence electrons. The lowest BCUT2D eigenvalue weighted by Crippen LogP contribution is -2.04. The summed E-state index contributed by atoms with van der Waals surface area (Å²) in [6, 6.07) is 1.55. The molecule has 0 aliphatic rings. The average molecular weight is 271 g/mol. The van der Waals surface area contributed by atoms with Crippen molar-refractivity contribution in [2.24, 2.45) is 0 Å². The fraction of sp³-hybridized carbons (Fsp3) is 0.143. The van der Waals surface area contributed by atoms with E-state index >= 15 is 0 Å². The van der Waals surface area contributed by atoms with Gasteiger partial charge in [0.1, 0.15) is 11.0 Å². The summed E-state index contributed by atoms with van der Waals surface area (Å²) in [5, 5.41) is 8.45. The Kier molecular flexibility index (Phi) is 3.40. The first-order valence-electron chi connectivity index (χ1n) is 3.60. The molecule has 1 rings (SSSR count). The van der Waals surface area contributed by atoms with Gasteiger partial charge in [-0.3, -0.25) is 0 Å². The molecule has 0 atom stereocenters. The summed E-state index contributed by atoms with van der Waals surface area (Å²) in [6.07, 6.45) is -3.25. The smallest absolute Gasteiger partial charge is 0.207 e. The zero-order valence-electron chi connectivity index (χ0n) is 7.29. The second-order valence-electron chi connectivity index (χ2n) is 2.57. The van der Waals surface area contributed by atoms with Crippen LogP contribution in [0.2, 0.25) is 0 Å². The van der Waals surface area contributed by atoms with Gasteiger partial charge in [0.2, 0.25) is 5.95 Å². The lowest BCUT2D eigenvalue weighted by atomic mass is 10.2. The molecular weight excluding hydrogens is 269 g/mol. The molecule has 0 N–H and O–H groups in total. The SMILES string of the molecule is N#Cc1nc(F)c(C(F)F)cc1S(=O)(=O)Cl. The second-order valence-corrected chi connectivity index (χ2v) is 5.10. The normalized spacial score (nSPS) is 11.5. The van der Waals surface area contributed by atoms with Gasteiger partial charge in [-0.15, -0.1) is 0 Å². The number of halogens is 4. The van der Waals surface area contributed by atoms with Gasteiger partial charge in [-0.05, 0) is 6.07 Å². The van der Waals surface area contributed by atoms with E-state index in [-0.39, 0.29) is 0 Å². The second kappa shape index (κ2) is 4.27. The van der Waals surface area contributed by atoms with Crippen LogP contribution in [0.4, 0.5) is 13.2 Å². The van der Waals surface area contributed by atoms with Crippen LogP contribution in [-0.2, 0) is 9.05 Å². The summed E-state index contributed by atoms with van der Waals surface area (Å²) >= 11 is 0. The third-order valence-corrected chi connectivity index (χ3v) is 2.91. The largest absolute Gasteiger partial charge is 0.268 e. The molecule has 0 unspecified atom stereocenters. The number of hydrogen-bond donors (Lipinski definition) is 0. The quantitative estimate of drug-likeness (QED) is 0.608. The predicted molar refractivity (Wildman–Crippen MR) is 46.9 cm³/mol. The highest BCUT2D eigenvalue weighted by molar-refractivity contribution is 8.13. The predicted octanol–water partition coefficient (Wildman–Crippen LogP) is 1.96. The Morgan fingerprint density at radius 1 is 1.50 bits per heavy atom. The molecule has 4 nitrogen and oxygen atoms in total. The first kappa shape index (κ1) is 12.7. The van der Waals surface area contributed by atoms with E-state index in [4.69, 9.17) is 15.9 Å². The van der Waals surface area contributed by atoms with E-state index in [0.717, 1.165) is 0 Å². The lowest BCUT2D eigenvalue weighted by Gasteiger charge is -2.04. The first-order chi connectivity index (χ1) is 7.27. The minimum Gasteiger partial charge on any atom is -0.207 e. The highest BCUT2D eigenvalue weighted by Gasteiger charge is 2.24. The van der Waals surface area contributed by atoms with Crippen molar-refractivity contribution in [2.75, 3.05) is 0 Å². The molecule has 1 heterocycles. The van der Waals surface area contributed by atoms with Gasteiger partial charge in [0.05, 0.1) is 5.56 Å². The van der Waals surface area contributed by atoms with Gasteiger partial charge in [-0.1, -0.05) is 0 Å². The van der Waals surface area contributed by atoms with Crippen LogP contribution in [0.15, 0.2) is 11.0 Å². The summed E-state index contributed by atoms with van der Waals surface area (Å²) in [6.45, 7) is 0. The minimum atomic E-state index is -4.43. The Labute approximate surface area is 92.7 Å². The van der Waals surface area contributed by atoms with Crippen LogP contribution in [0.25, 0.3) is 0 Å². The monoisotopic (exact) mass is 270 g/mol. The molecule has 0 radical (unpaired) electrons. The first-order valence-corrected chi connectivity index (χ1v) is 5.91. The van der Waals surface area contributed by atoms with Crippen molar-refractivity contribution < 1.29 is 21.6 Å². The van der Waals surface area contributed by atoms with Crippen LogP contribution in [0.3, 0.4) is 0 Å². The number of rotatable bonds is 2. The molecule has 0 fully saturated rings. The van der Waals surface area contributed by atoms with Crippen LogP contribution in [0, 0.1) is 17.3 Å². The van der Waals surface area contributed by atoms with Gasteiger partial charge < -0.3 is 0 Å². The van der Waals surface area contributed by atoms with Gasteiger partial charge >= 0.3 is 0 Å². The molecule has 1 aromatic rings. The Morgan fingerprint density at radius 2 is 2.06 bits per heavy atom. The lowest BCUT2D eigenvalue weighted by molar-refractivity contribution is 0.144. The molecule has 0 aliphatic carbocycles. The van der Waals surface area contributed by atoms with E-state index in [2.05, 4.69) is 4.98 Å². The zero-order chi connectivity index (χ0) is 12.5. The average Bonchev–Trinajstić information content (AvgIpc) is 2.14. The van der Waals surface area contributed by atoms with Crippen molar-refractivity contribution in [2.45, 2.75) is 11.3 Å². The van der Waals surface area contributed by atoms with Crippen molar-refractivity contribution in [3.63, 3.8) is 0 Å². The summed E-state index contributed by atoms with van der Waals surface area (Å²) < 4.78 is 59.1. The van der Waals surface area contributed by atoms with Crippen LogP contribution < -0.4 is 0 Å². The van der Waals surface area contributed by atoms with Crippen molar-refractivity contribution in [3.05, 3.63) is 23.3 Å². The molecule has 0 spiro atoms. The van der Waals surface area contributed by atoms with E-state index in [1.807, 2.05) is 0 Å². The Hall–Kier alpha value is -1.33. The standard InChI is InChI=1S/C7H2ClF3N2O2S/c8-16(14,15)5-1-3(6(9)10)7(11)13-4(5)2-12/h1,6H. The summed E-state index contributed by atoms with van der Waals surface area (Å²) in [4.78, 5) is 1.87. The van der Waals surface area contributed by atoms with Crippen molar-refractivity contribution in [1.29, 1.82) is 5.26 Å². The maximum Gasteiger partial charge on any atom is 0.268 e. The van der Waals surface area contributed by atoms with Crippen LogP contribution in [0.5, 0.6) is 0 Å². The van der Waals surface area contributed by atoms with Gasteiger partial charge in [-0.25, -0.2) is 22.2 Å². The molecule has 0 bridgehead atoms. The number of hydrogen-bond acceptors (Lipinski definition) is 4. The number of nitrogens with zero attached hydrogens (tertiary/aromatic N) is 2. The van der Waals surface area contributed by atoms with Crippen molar-refractivity contribution in [1.82, 2.24) is 4.98 Å². The molecule has 9 heteroatoms. The zero-order valence-corrected chi connectivity index (χ0v) is 8.86. The van der Waals surface area contributed by atoms with Crippen molar-refractivity contribution in [3.8, 4) is 6.07 Å². The highest BCUT2D eigenvalue weighted by atomic mass is 35.7. The highest BCUT2D eigenvalue weighted by Crippen LogP contribution is 2.27. The Balaban J connectivity index is 3.62. The number of aromatic nitrogens is 1. The van der Waals surface area contributed by atoms with Crippen molar-refractivity contribution >= 4 is 19.7 Å². The summed E-state index contributed by atoms with van der Waals surface area (Å²) in [5.74, 6) is -1.60. The maximum atomic E-state index is 12.9. The number of pyridine rings is 1. The van der Waals surface area contributed by atoms with Gasteiger partial charge in [-0.2, -0.15) is 9.65 Å². The fourth-order valence-electron chi connectivity index (χ4n) is 0.906. The molecule has 0 amide bonds. The van der Waals surface area contributed by atoms with Crippen LogP contribution in [0.1, 0.15) is 17.7 Å². The number of nitriles is 1. The fourth-order valence-corrected chi connectivity index (χ4v) is 1.85. The molecule has 0 aliphatic heterocycles. The Morgan fingerprint density at radius 3 is 2.44 bits per heavy atom. The minimum absolute atomic E-state index is 0.299. The van der Waals surface area contributed by atoms with Crippen LogP contribution >= 0.6 is 10.7 Å². The molecular formula is C7H2ClF3N2O2S. The third-order valence-electron chi connectivity index (χ3n) is 1.57. The number of alkyl halides is 2. The molecule has 1 aromatic heterocycles. The molecule has 0 aromatic carbocycles. The summed E-state index contributed by atoms with van der Waals surface area (Å²) in [5.41, 5.74) is -2.09. The topological polar surface area (TPSA) is 70.8 Å². The third kappa shape index (κ3) is 2.43. The van der Waals surface area contributed by atoms with E-state index in [0.29, 0.717) is 6.07 Å². The summed E-state index contributed by atoms with van der Waals surface area (Å²) in [7, 11) is 0.454. The van der Waals surface area contributed by atoms with Gasteiger partial charge in [0, 0.05) is 10.7 Å². The van der Waals surface area contributed by atoms with E-state index in [1.165, 1.54) is 6.07 Å². The van der Waals surface area contributed by atoms with Gasteiger partial charge in [0.15, 0.2) is 5.69 Å². The molecule has 16 heavy (non-hydrogen) atoms. The van der Waals surface area contributed by atoms with E-state index < -0.39 is 37.6 Å². The maximum absolute atomic E-state index is 12.9.